The zero-order valence-electron chi connectivity index (χ0n) is 15.3. The molecule has 3 heterocycles. The van der Waals surface area contributed by atoms with Crippen LogP contribution in [0.5, 0.6) is 5.75 Å². The smallest absolute Gasteiger partial charge is 0.185 e. The number of rotatable bonds is 4. The summed E-state index contributed by atoms with van der Waals surface area (Å²) >= 11 is 0. The molecule has 2 N–H and O–H groups in total. The lowest BCUT2D eigenvalue weighted by Gasteiger charge is -2.27. The number of phenols is 1. The molecular weight excluding hydrogens is 342 g/mol. The molecule has 0 saturated carbocycles. The number of phenolic OH excluding ortho intramolecular Hbond substituents is 1. The second-order valence-electron chi connectivity index (χ2n) is 6.76. The lowest BCUT2D eigenvalue weighted by Crippen LogP contribution is -2.33. The Kier molecular flexibility index (Phi) is 4.97. The number of hydrogen-bond donors (Lipinski definition) is 2. The van der Waals surface area contributed by atoms with Crippen molar-refractivity contribution >= 4 is 5.82 Å². The van der Waals surface area contributed by atoms with Crippen molar-refractivity contribution in [1.82, 2.24) is 30.0 Å². The third-order valence-corrected chi connectivity index (χ3v) is 5.03. The van der Waals surface area contributed by atoms with Crippen molar-refractivity contribution in [2.24, 2.45) is 0 Å². The van der Waals surface area contributed by atoms with Gasteiger partial charge in [0.15, 0.2) is 11.6 Å². The van der Waals surface area contributed by atoms with Gasteiger partial charge in [0, 0.05) is 31.5 Å². The van der Waals surface area contributed by atoms with E-state index in [0.717, 1.165) is 43.9 Å². The molecule has 27 heavy (non-hydrogen) atoms. The maximum atomic E-state index is 10.4. The minimum absolute atomic E-state index is 0.110. The van der Waals surface area contributed by atoms with Crippen LogP contribution in [-0.4, -0.2) is 56.0 Å². The van der Waals surface area contributed by atoms with Crippen LogP contribution in [0.1, 0.15) is 19.3 Å². The molecule has 1 unspecified atom stereocenters. The molecule has 0 aliphatic carbocycles. The van der Waals surface area contributed by atoms with Gasteiger partial charge in [-0.15, -0.1) is 10.2 Å². The lowest BCUT2D eigenvalue weighted by atomic mass is 10.1. The van der Waals surface area contributed by atoms with E-state index in [4.69, 9.17) is 0 Å². The summed E-state index contributed by atoms with van der Waals surface area (Å²) in [6.07, 6.45) is 10.3. The van der Waals surface area contributed by atoms with Gasteiger partial charge < -0.3 is 19.9 Å². The Balaban J connectivity index is 1.53. The van der Waals surface area contributed by atoms with Crippen LogP contribution in [0, 0.1) is 0 Å². The van der Waals surface area contributed by atoms with E-state index >= 15 is 0 Å². The van der Waals surface area contributed by atoms with Crippen LogP contribution in [0.3, 0.4) is 0 Å². The average molecular weight is 365 g/mol. The van der Waals surface area contributed by atoms with E-state index in [1.54, 1.807) is 30.9 Å². The fourth-order valence-corrected chi connectivity index (χ4v) is 3.41. The van der Waals surface area contributed by atoms with Crippen molar-refractivity contribution in [3.63, 3.8) is 0 Å². The van der Waals surface area contributed by atoms with Gasteiger partial charge in [-0.25, -0.2) is 9.97 Å². The Labute approximate surface area is 157 Å². The number of benzene rings is 1. The van der Waals surface area contributed by atoms with E-state index in [2.05, 4.69) is 30.4 Å². The van der Waals surface area contributed by atoms with E-state index in [9.17, 15) is 5.11 Å². The van der Waals surface area contributed by atoms with E-state index in [0.29, 0.717) is 17.4 Å². The number of nitrogens with zero attached hydrogens (tertiary/aromatic N) is 6. The highest BCUT2D eigenvalue weighted by molar-refractivity contribution is 5.66. The van der Waals surface area contributed by atoms with Crippen molar-refractivity contribution < 1.29 is 5.11 Å². The first-order chi connectivity index (χ1) is 13.2. The summed E-state index contributed by atoms with van der Waals surface area (Å²) in [5.41, 5.74) is 1.37. The molecule has 140 valence electrons. The van der Waals surface area contributed by atoms with Crippen molar-refractivity contribution in [2.45, 2.75) is 25.3 Å². The summed E-state index contributed by atoms with van der Waals surface area (Å²) < 4.78 is 1.82. The van der Waals surface area contributed by atoms with E-state index < -0.39 is 0 Å². The highest BCUT2D eigenvalue weighted by atomic mass is 16.3. The Bertz CT molecular complexity index is 872. The molecule has 0 radical (unpaired) electrons. The third kappa shape index (κ3) is 3.75. The SMILES string of the molecule is CN(c1cnc(-c2ccc(-n3ccnc3)cc2O)nn1)C1CCCNCC1. The molecule has 1 aliphatic rings. The van der Waals surface area contributed by atoms with Crippen LogP contribution in [0.2, 0.25) is 0 Å². The number of aromatic hydroxyl groups is 1. The lowest BCUT2D eigenvalue weighted by molar-refractivity contribution is 0.476. The van der Waals surface area contributed by atoms with Gasteiger partial charge in [0.2, 0.25) is 0 Å². The highest BCUT2D eigenvalue weighted by Crippen LogP contribution is 2.29. The van der Waals surface area contributed by atoms with E-state index in [1.165, 1.54) is 0 Å². The minimum atomic E-state index is 0.110. The maximum Gasteiger partial charge on any atom is 0.185 e. The van der Waals surface area contributed by atoms with Crippen molar-refractivity contribution in [2.75, 3.05) is 25.0 Å². The van der Waals surface area contributed by atoms with Gasteiger partial charge in [-0.3, -0.25) is 0 Å². The average Bonchev–Trinajstić information content (AvgIpc) is 3.10. The van der Waals surface area contributed by atoms with Crippen LogP contribution < -0.4 is 10.2 Å². The number of nitrogens with one attached hydrogen (secondary N) is 1. The molecule has 4 rings (SSSR count). The molecule has 2 aromatic heterocycles. The topological polar surface area (TPSA) is 92.0 Å². The molecule has 1 saturated heterocycles. The molecule has 0 spiro atoms. The van der Waals surface area contributed by atoms with Crippen LogP contribution in [-0.2, 0) is 0 Å². The third-order valence-electron chi connectivity index (χ3n) is 5.03. The van der Waals surface area contributed by atoms with Crippen molar-refractivity contribution in [1.29, 1.82) is 0 Å². The zero-order chi connectivity index (χ0) is 18.6. The highest BCUT2D eigenvalue weighted by Gasteiger charge is 2.19. The fraction of sp³-hybridized carbons (Fsp3) is 0.368. The second kappa shape index (κ2) is 7.71. The first kappa shape index (κ1) is 17.4. The second-order valence-corrected chi connectivity index (χ2v) is 6.76. The van der Waals surface area contributed by atoms with E-state index in [-0.39, 0.29) is 5.75 Å². The number of hydrogen-bond acceptors (Lipinski definition) is 7. The summed E-state index contributed by atoms with van der Waals surface area (Å²) in [4.78, 5) is 10.6. The summed E-state index contributed by atoms with van der Waals surface area (Å²) in [6, 6.07) is 5.78. The number of imidazole rings is 1. The molecule has 0 bridgehead atoms. The Morgan fingerprint density at radius 2 is 2.15 bits per heavy atom. The molecule has 1 aliphatic heterocycles. The molecule has 1 atom stereocenters. The fourth-order valence-electron chi connectivity index (χ4n) is 3.41. The largest absolute Gasteiger partial charge is 0.507 e. The standard InChI is InChI=1S/C19H23N7O/c1-25(14-3-2-7-20-8-6-14)18-12-22-19(24-23-18)16-5-4-15(11-17(16)27)26-10-9-21-13-26/h4-5,9-14,20,27H,2-3,6-8H2,1H3. The zero-order valence-corrected chi connectivity index (χ0v) is 15.3. The summed E-state index contributed by atoms with van der Waals surface area (Å²) in [7, 11) is 2.04. The molecule has 8 nitrogen and oxygen atoms in total. The predicted octanol–water partition coefficient (Wildman–Crippen LogP) is 2.01. The monoisotopic (exact) mass is 365 g/mol. The quantitative estimate of drug-likeness (QED) is 0.731. The molecule has 0 amide bonds. The number of aromatic nitrogens is 5. The molecule has 8 heteroatoms. The molecule has 3 aromatic rings. The Hall–Kier alpha value is -3.00. The molecule has 1 aromatic carbocycles. The van der Waals surface area contributed by atoms with Gasteiger partial charge in [-0.2, -0.15) is 0 Å². The van der Waals surface area contributed by atoms with Gasteiger partial charge in [0.1, 0.15) is 5.75 Å². The van der Waals surface area contributed by atoms with Gasteiger partial charge in [0.25, 0.3) is 0 Å². The maximum absolute atomic E-state index is 10.4. The Morgan fingerprint density at radius 3 is 2.89 bits per heavy atom. The molecule has 1 fully saturated rings. The van der Waals surface area contributed by atoms with Crippen LogP contribution in [0.25, 0.3) is 17.1 Å². The predicted molar refractivity (Wildman–Crippen MR) is 103 cm³/mol. The first-order valence-electron chi connectivity index (χ1n) is 9.17. The number of anilines is 1. The summed E-state index contributed by atoms with van der Waals surface area (Å²) in [6.45, 7) is 2.09. The van der Waals surface area contributed by atoms with Gasteiger partial charge in [-0.05, 0) is 44.5 Å². The van der Waals surface area contributed by atoms with Crippen molar-refractivity contribution in [3.8, 4) is 22.8 Å². The molecular formula is C19H23N7O. The normalized spacial score (nSPS) is 17.4. The summed E-state index contributed by atoms with van der Waals surface area (Å²) in [5, 5.41) is 22.4. The van der Waals surface area contributed by atoms with Gasteiger partial charge in [0.05, 0.1) is 23.8 Å². The van der Waals surface area contributed by atoms with Crippen LogP contribution in [0.4, 0.5) is 5.82 Å². The van der Waals surface area contributed by atoms with Gasteiger partial charge in [-0.1, -0.05) is 0 Å². The Morgan fingerprint density at radius 1 is 1.22 bits per heavy atom. The minimum Gasteiger partial charge on any atom is -0.507 e. The first-order valence-corrected chi connectivity index (χ1v) is 9.17. The van der Waals surface area contributed by atoms with Crippen molar-refractivity contribution in [3.05, 3.63) is 43.1 Å². The summed E-state index contributed by atoms with van der Waals surface area (Å²) in [5.74, 6) is 1.27. The van der Waals surface area contributed by atoms with Crippen LogP contribution in [0.15, 0.2) is 43.1 Å². The van der Waals surface area contributed by atoms with Crippen LogP contribution >= 0.6 is 0 Å². The van der Waals surface area contributed by atoms with E-state index in [1.807, 2.05) is 23.9 Å². The van der Waals surface area contributed by atoms with Gasteiger partial charge >= 0.3 is 0 Å².